The Morgan fingerprint density at radius 1 is 0.676 bits per heavy atom. The van der Waals surface area contributed by atoms with E-state index < -0.39 is 12.0 Å². The maximum atomic E-state index is 11.8. The van der Waals surface area contributed by atoms with Gasteiger partial charge in [0.2, 0.25) is 0 Å². The number of nitrogens with two attached hydrogens (primary N) is 2. The number of carbonyl (C=O) groups is 2. The molecule has 37 heavy (non-hydrogen) atoms. The molecule has 0 fully saturated rings. The Morgan fingerprint density at radius 3 is 1.49 bits per heavy atom. The Labute approximate surface area is 227 Å². The molecule has 0 aliphatic rings. The molecule has 0 spiro atoms. The first-order valence-electron chi connectivity index (χ1n) is 15.1. The van der Waals surface area contributed by atoms with Gasteiger partial charge in [0.15, 0.2) is 0 Å². The number of nitrogens with one attached hydrogen (secondary N) is 1. The van der Waals surface area contributed by atoms with Crippen molar-refractivity contribution in [3.05, 3.63) is 35.9 Å². The van der Waals surface area contributed by atoms with Gasteiger partial charge in [-0.1, -0.05) is 121 Å². The number of carboxylic acids is 1. The molecule has 0 aliphatic heterocycles. The number of hydrogen-bond acceptors (Lipinski definition) is 4. The summed E-state index contributed by atoms with van der Waals surface area (Å²) in [5.74, 6) is -1.38. The van der Waals surface area contributed by atoms with Crippen molar-refractivity contribution in [1.29, 1.82) is 0 Å². The Morgan fingerprint density at radius 2 is 1.08 bits per heavy atom. The van der Waals surface area contributed by atoms with E-state index in [0.717, 1.165) is 13.0 Å². The van der Waals surface area contributed by atoms with E-state index in [9.17, 15) is 9.59 Å². The molecule has 214 valence electrons. The summed E-state index contributed by atoms with van der Waals surface area (Å²) < 4.78 is 0. The first-order chi connectivity index (χ1) is 18.1. The van der Waals surface area contributed by atoms with E-state index in [4.69, 9.17) is 16.6 Å². The van der Waals surface area contributed by atoms with Gasteiger partial charge in [0.05, 0.1) is 0 Å². The quantitative estimate of drug-likeness (QED) is 0.114. The molecule has 0 aromatic heterocycles. The maximum Gasteiger partial charge on any atom is 0.326 e. The Balaban J connectivity index is 0.000000701. The highest BCUT2D eigenvalue weighted by Gasteiger charge is 2.19. The molecule has 6 nitrogen and oxygen atoms in total. The molecule has 0 aliphatic carbocycles. The van der Waals surface area contributed by atoms with Crippen LogP contribution in [0.5, 0.6) is 0 Å². The monoisotopic (exact) mass is 519 g/mol. The van der Waals surface area contributed by atoms with Crippen molar-refractivity contribution in [3.8, 4) is 0 Å². The van der Waals surface area contributed by atoms with Crippen LogP contribution in [0.3, 0.4) is 0 Å². The third kappa shape index (κ3) is 23.0. The number of hydrogen-bond donors (Lipinski definition) is 4. The third-order valence-corrected chi connectivity index (χ3v) is 6.64. The predicted octanol–water partition coefficient (Wildman–Crippen LogP) is 7.21. The summed E-state index contributed by atoms with van der Waals surface area (Å²) in [7, 11) is 0. The van der Waals surface area contributed by atoms with E-state index in [1.54, 1.807) is 30.3 Å². The van der Waals surface area contributed by atoms with Crippen molar-refractivity contribution in [2.75, 3.05) is 13.1 Å². The second-order valence-electron chi connectivity index (χ2n) is 10.1. The van der Waals surface area contributed by atoms with Gasteiger partial charge < -0.3 is 21.9 Å². The van der Waals surface area contributed by atoms with Gasteiger partial charge in [0.25, 0.3) is 5.91 Å². The predicted molar refractivity (Wildman–Crippen MR) is 157 cm³/mol. The van der Waals surface area contributed by atoms with Gasteiger partial charge in [0.1, 0.15) is 6.04 Å². The SMILES string of the molecule is CCCCCCCCCCCCCCCCCCN.NCCCC[C@H](NC(=O)c1ccccc1)C(=O)O. The minimum atomic E-state index is -1.02. The molecule has 0 bridgehead atoms. The first kappa shape index (κ1) is 35.1. The fraction of sp³-hybridized carbons (Fsp3) is 0.742. The van der Waals surface area contributed by atoms with E-state index >= 15 is 0 Å². The minimum absolute atomic E-state index is 0.365. The summed E-state index contributed by atoms with van der Waals surface area (Å²) >= 11 is 0. The van der Waals surface area contributed by atoms with E-state index in [1.165, 1.54) is 103 Å². The molecule has 0 saturated carbocycles. The molecule has 6 heteroatoms. The number of unbranched alkanes of at least 4 members (excludes halogenated alkanes) is 16. The highest BCUT2D eigenvalue weighted by molar-refractivity contribution is 5.96. The van der Waals surface area contributed by atoms with Gasteiger partial charge in [-0.05, 0) is 50.9 Å². The Bertz CT molecular complexity index is 624. The Kier molecular flexibility index (Phi) is 25.7. The van der Waals surface area contributed by atoms with Gasteiger partial charge >= 0.3 is 5.97 Å². The lowest BCUT2D eigenvalue weighted by Crippen LogP contribution is -2.40. The number of rotatable bonds is 23. The van der Waals surface area contributed by atoms with Gasteiger partial charge in [0, 0.05) is 5.56 Å². The summed E-state index contributed by atoms with van der Waals surface area (Å²) in [4.78, 5) is 22.8. The molecule has 1 aromatic rings. The number of carboxylic acid groups (broad SMARTS) is 1. The van der Waals surface area contributed by atoms with E-state index in [1.807, 2.05) is 0 Å². The lowest BCUT2D eigenvalue weighted by Gasteiger charge is -2.14. The average Bonchev–Trinajstić information content (AvgIpc) is 2.91. The molecule has 1 aromatic carbocycles. The fourth-order valence-electron chi connectivity index (χ4n) is 4.27. The summed E-state index contributed by atoms with van der Waals surface area (Å²) in [6.45, 7) is 3.69. The van der Waals surface area contributed by atoms with Gasteiger partial charge in [-0.2, -0.15) is 0 Å². The van der Waals surface area contributed by atoms with Crippen LogP contribution in [0.4, 0.5) is 0 Å². The lowest BCUT2D eigenvalue weighted by atomic mass is 10.0. The maximum absolute atomic E-state index is 11.8. The van der Waals surface area contributed by atoms with Crippen LogP contribution in [0, 0.1) is 0 Å². The van der Waals surface area contributed by atoms with Crippen LogP contribution in [-0.4, -0.2) is 36.1 Å². The smallest absolute Gasteiger partial charge is 0.326 e. The van der Waals surface area contributed by atoms with Crippen molar-refractivity contribution in [2.45, 2.75) is 135 Å². The molecule has 0 radical (unpaired) electrons. The normalized spacial score (nSPS) is 11.4. The van der Waals surface area contributed by atoms with Crippen LogP contribution < -0.4 is 16.8 Å². The third-order valence-electron chi connectivity index (χ3n) is 6.64. The summed E-state index contributed by atoms with van der Waals surface area (Å²) in [6.07, 6.45) is 24.7. The van der Waals surface area contributed by atoms with Crippen molar-refractivity contribution < 1.29 is 14.7 Å². The largest absolute Gasteiger partial charge is 0.480 e. The molecule has 6 N–H and O–H groups in total. The standard InChI is InChI=1S/C18H39N.C13H18N2O3/c1-2-3-4-5-6-7-8-9-10-11-12-13-14-15-16-17-18-19;14-9-5-4-8-11(13(17)18)15-12(16)10-6-2-1-3-7-10/h2-19H2,1H3;1-3,6-7,11H,4-5,8-9,14H2,(H,15,16)(H,17,18)/t;11-/m.0/s1. The molecule has 0 heterocycles. The second-order valence-corrected chi connectivity index (χ2v) is 10.1. The molecule has 0 unspecified atom stereocenters. The van der Waals surface area contributed by atoms with Crippen molar-refractivity contribution in [3.63, 3.8) is 0 Å². The highest BCUT2D eigenvalue weighted by Crippen LogP contribution is 2.13. The van der Waals surface area contributed by atoms with Crippen LogP contribution in [0.25, 0.3) is 0 Å². The fourth-order valence-corrected chi connectivity index (χ4v) is 4.27. The Hall–Kier alpha value is -1.92. The van der Waals surface area contributed by atoms with Gasteiger partial charge in [-0.25, -0.2) is 4.79 Å². The zero-order valence-electron chi connectivity index (χ0n) is 23.7. The molecular weight excluding hydrogens is 462 g/mol. The summed E-state index contributed by atoms with van der Waals surface area (Å²) in [5.41, 5.74) is 11.3. The van der Waals surface area contributed by atoms with Crippen molar-refractivity contribution in [1.82, 2.24) is 5.32 Å². The molecule has 1 rings (SSSR count). The summed E-state index contributed by atoms with van der Waals surface area (Å²) in [5, 5.41) is 11.5. The minimum Gasteiger partial charge on any atom is -0.480 e. The van der Waals surface area contributed by atoms with Crippen LogP contribution in [-0.2, 0) is 4.79 Å². The molecule has 1 amide bonds. The second kappa shape index (κ2) is 27.1. The van der Waals surface area contributed by atoms with Crippen molar-refractivity contribution >= 4 is 11.9 Å². The lowest BCUT2D eigenvalue weighted by molar-refractivity contribution is -0.139. The topological polar surface area (TPSA) is 118 Å². The van der Waals surface area contributed by atoms with E-state index in [0.29, 0.717) is 24.9 Å². The first-order valence-corrected chi connectivity index (χ1v) is 15.1. The van der Waals surface area contributed by atoms with E-state index in [2.05, 4.69) is 12.2 Å². The van der Waals surface area contributed by atoms with Crippen LogP contribution in [0.1, 0.15) is 139 Å². The van der Waals surface area contributed by atoms with E-state index in [-0.39, 0.29) is 5.91 Å². The van der Waals surface area contributed by atoms with Gasteiger partial charge in [-0.15, -0.1) is 0 Å². The van der Waals surface area contributed by atoms with Gasteiger partial charge in [-0.3, -0.25) is 4.79 Å². The van der Waals surface area contributed by atoms with Crippen molar-refractivity contribution in [2.24, 2.45) is 11.5 Å². The molecular formula is C31H57N3O3. The number of amides is 1. The number of benzene rings is 1. The van der Waals surface area contributed by atoms with Crippen LogP contribution in [0.2, 0.25) is 0 Å². The molecule has 0 saturated heterocycles. The average molecular weight is 520 g/mol. The molecule has 1 atom stereocenters. The summed E-state index contributed by atoms with van der Waals surface area (Å²) in [6, 6.07) is 7.71. The number of aliphatic carboxylic acids is 1. The number of carbonyl (C=O) groups excluding carboxylic acids is 1. The van der Waals surface area contributed by atoms with Crippen LogP contribution in [0.15, 0.2) is 30.3 Å². The zero-order chi connectivity index (χ0) is 27.4. The highest BCUT2D eigenvalue weighted by atomic mass is 16.4. The van der Waals surface area contributed by atoms with Crippen LogP contribution >= 0.6 is 0 Å². The zero-order valence-corrected chi connectivity index (χ0v) is 23.7.